The number of carbonyl (C=O) groups is 1. The van der Waals surface area contributed by atoms with E-state index in [9.17, 15) is 4.79 Å². The lowest BCUT2D eigenvalue weighted by Gasteiger charge is -2.36. The van der Waals surface area contributed by atoms with Crippen LogP contribution in [0.4, 0.5) is 0 Å². The van der Waals surface area contributed by atoms with Crippen LogP contribution in [0.1, 0.15) is 43.1 Å². The smallest absolute Gasteiger partial charge is 0.339 e. The van der Waals surface area contributed by atoms with Crippen molar-refractivity contribution >= 4 is 14.3 Å². The molecule has 0 radical (unpaired) electrons. The van der Waals surface area contributed by atoms with E-state index in [-0.39, 0.29) is 11.0 Å². The van der Waals surface area contributed by atoms with E-state index < -0.39 is 8.32 Å². The summed E-state index contributed by atoms with van der Waals surface area (Å²) in [6.45, 7) is 11.9. The van der Waals surface area contributed by atoms with Gasteiger partial charge in [-0.1, -0.05) is 20.8 Å². The van der Waals surface area contributed by atoms with Gasteiger partial charge in [0.2, 0.25) is 0 Å². The minimum Gasteiger partial charge on any atom is -0.465 e. The molecule has 0 fully saturated rings. The normalized spacial score (nSPS) is 12.3. The predicted molar refractivity (Wildman–Crippen MR) is 87.0 cm³/mol. The molecule has 0 atom stereocenters. The first-order valence-corrected chi connectivity index (χ1v) is 10.2. The van der Waals surface area contributed by atoms with E-state index in [1.807, 2.05) is 6.07 Å². The minimum atomic E-state index is -1.69. The van der Waals surface area contributed by atoms with E-state index in [4.69, 9.17) is 9.16 Å². The summed E-state index contributed by atoms with van der Waals surface area (Å²) >= 11 is 0. The number of esters is 1. The average Bonchev–Trinajstić information content (AvgIpc) is 2.42. The molecule has 21 heavy (non-hydrogen) atoms. The van der Waals surface area contributed by atoms with Gasteiger partial charge in [-0.3, -0.25) is 4.98 Å². The molecular weight excluding hydrogens is 282 g/mol. The molecular formula is C16H27NO3Si. The Kier molecular flexibility index (Phi) is 6.10. The Hall–Kier alpha value is -1.20. The molecule has 1 heterocycles. The van der Waals surface area contributed by atoms with Crippen LogP contribution in [0.5, 0.6) is 0 Å². The van der Waals surface area contributed by atoms with E-state index in [0.717, 1.165) is 25.0 Å². The Morgan fingerprint density at radius 2 is 2.00 bits per heavy atom. The van der Waals surface area contributed by atoms with Gasteiger partial charge in [0, 0.05) is 19.0 Å². The molecule has 0 unspecified atom stereocenters. The molecule has 4 nitrogen and oxygen atoms in total. The fraction of sp³-hybridized carbons (Fsp3) is 0.625. The van der Waals surface area contributed by atoms with E-state index in [1.165, 1.54) is 7.11 Å². The zero-order valence-electron chi connectivity index (χ0n) is 14.0. The molecule has 0 amide bonds. The van der Waals surface area contributed by atoms with E-state index >= 15 is 0 Å². The molecule has 0 bridgehead atoms. The zero-order valence-corrected chi connectivity index (χ0v) is 15.0. The summed E-state index contributed by atoms with van der Waals surface area (Å²) in [5, 5.41) is 0.223. The molecule has 0 spiro atoms. The molecule has 0 aliphatic carbocycles. The van der Waals surface area contributed by atoms with Crippen LogP contribution in [0.3, 0.4) is 0 Å². The van der Waals surface area contributed by atoms with Gasteiger partial charge >= 0.3 is 5.97 Å². The van der Waals surface area contributed by atoms with Gasteiger partial charge in [0.15, 0.2) is 8.32 Å². The molecule has 1 rings (SSSR count). The number of carbonyl (C=O) groups excluding carboxylic acids is 1. The van der Waals surface area contributed by atoms with Crippen LogP contribution in [-0.2, 0) is 15.6 Å². The number of nitrogens with zero attached hydrogens (tertiary/aromatic N) is 1. The standard InChI is InChI=1S/C16H27NO3Si/c1-16(2,3)21(5,6)20-11-7-8-13-9-10-17-12-14(13)15(18)19-4/h9-10,12H,7-8,11H2,1-6H3. The summed E-state index contributed by atoms with van der Waals surface area (Å²) < 4.78 is 10.9. The Labute approximate surface area is 129 Å². The van der Waals surface area contributed by atoms with E-state index in [2.05, 4.69) is 38.8 Å². The number of hydrogen-bond donors (Lipinski definition) is 0. The fourth-order valence-corrected chi connectivity index (χ4v) is 2.83. The molecule has 0 aliphatic heterocycles. The topological polar surface area (TPSA) is 48.4 Å². The van der Waals surface area contributed by atoms with Crippen LogP contribution in [-0.4, -0.2) is 33.0 Å². The Bertz CT molecular complexity index is 481. The Balaban J connectivity index is 2.56. The van der Waals surface area contributed by atoms with Gasteiger partial charge in [-0.2, -0.15) is 0 Å². The van der Waals surface area contributed by atoms with Crippen molar-refractivity contribution in [2.45, 2.75) is 51.7 Å². The first-order chi connectivity index (χ1) is 9.69. The van der Waals surface area contributed by atoms with Crippen molar-refractivity contribution in [3.8, 4) is 0 Å². The van der Waals surface area contributed by atoms with Crippen molar-refractivity contribution < 1.29 is 14.0 Å². The quantitative estimate of drug-likeness (QED) is 0.455. The second-order valence-corrected chi connectivity index (χ2v) is 11.5. The molecule has 1 aromatic heterocycles. The molecule has 0 aliphatic rings. The number of pyridine rings is 1. The number of aromatic nitrogens is 1. The summed E-state index contributed by atoms with van der Waals surface area (Å²) in [5.74, 6) is -0.330. The van der Waals surface area contributed by atoms with Crippen molar-refractivity contribution in [2.24, 2.45) is 0 Å². The lowest BCUT2D eigenvalue weighted by Crippen LogP contribution is -2.41. The SMILES string of the molecule is COC(=O)c1cnccc1CCCO[Si](C)(C)C(C)(C)C. The van der Waals surface area contributed by atoms with Crippen molar-refractivity contribution in [3.05, 3.63) is 29.6 Å². The van der Waals surface area contributed by atoms with Gasteiger partial charge < -0.3 is 9.16 Å². The van der Waals surface area contributed by atoms with E-state index in [1.54, 1.807) is 12.4 Å². The molecule has 118 valence electrons. The summed E-state index contributed by atoms with van der Waals surface area (Å²) in [7, 11) is -0.301. The molecule has 1 aromatic rings. The number of hydrogen-bond acceptors (Lipinski definition) is 4. The van der Waals surface area contributed by atoms with Gasteiger partial charge in [-0.05, 0) is 42.6 Å². The molecule has 0 saturated heterocycles. The van der Waals surface area contributed by atoms with Crippen LogP contribution in [0.15, 0.2) is 18.5 Å². The zero-order chi connectivity index (χ0) is 16.1. The second-order valence-electron chi connectivity index (χ2n) is 6.74. The number of methoxy groups -OCH3 is 1. The largest absolute Gasteiger partial charge is 0.465 e. The molecule has 0 saturated carbocycles. The lowest BCUT2D eigenvalue weighted by molar-refractivity contribution is 0.0599. The van der Waals surface area contributed by atoms with Gasteiger partial charge in [0.1, 0.15) is 0 Å². The predicted octanol–water partition coefficient (Wildman–Crippen LogP) is 3.82. The van der Waals surface area contributed by atoms with Crippen molar-refractivity contribution in [3.63, 3.8) is 0 Å². The highest BCUT2D eigenvalue weighted by Crippen LogP contribution is 2.36. The van der Waals surface area contributed by atoms with Crippen LogP contribution < -0.4 is 0 Å². The highest BCUT2D eigenvalue weighted by molar-refractivity contribution is 6.74. The van der Waals surface area contributed by atoms with Crippen LogP contribution in [0, 0.1) is 0 Å². The minimum absolute atomic E-state index is 0.223. The average molecular weight is 309 g/mol. The van der Waals surface area contributed by atoms with Crippen molar-refractivity contribution in [1.29, 1.82) is 0 Å². The van der Waals surface area contributed by atoms with Crippen LogP contribution in [0.2, 0.25) is 18.1 Å². The summed E-state index contributed by atoms with van der Waals surface area (Å²) in [5.41, 5.74) is 1.52. The van der Waals surface area contributed by atoms with Gasteiger partial charge in [-0.15, -0.1) is 0 Å². The molecule has 5 heteroatoms. The van der Waals surface area contributed by atoms with Gasteiger partial charge in [-0.25, -0.2) is 4.79 Å². The maximum Gasteiger partial charge on any atom is 0.339 e. The first kappa shape index (κ1) is 17.8. The van der Waals surface area contributed by atoms with Gasteiger partial charge in [0.05, 0.1) is 12.7 Å². The second kappa shape index (κ2) is 7.18. The fourth-order valence-electron chi connectivity index (χ4n) is 1.74. The summed E-state index contributed by atoms with van der Waals surface area (Å²) in [4.78, 5) is 15.7. The molecule has 0 aromatic carbocycles. The maximum atomic E-state index is 11.7. The summed E-state index contributed by atoms with van der Waals surface area (Å²) in [6, 6.07) is 1.87. The monoisotopic (exact) mass is 309 g/mol. The lowest BCUT2D eigenvalue weighted by atomic mass is 10.1. The highest BCUT2D eigenvalue weighted by atomic mass is 28.4. The third-order valence-electron chi connectivity index (χ3n) is 4.18. The number of rotatable bonds is 6. The van der Waals surface area contributed by atoms with Crippen molar-refractivity contribution in [2.75, 3.05) is 13.7 Å². The van der Waals surface area contributed by atoms with Crippen LogP contribution >= 0.6 is 0 Å². The van der Waals surface area contributed by atoms with E-state index in [0.29, 0.717) is 5.56 Å². The van der Waals surface area contributed by atoms with Crippen molar-refractivity contribution in [1.82, 2.24) is 4.98 Å². The Morgan fingerprint density at radius 1 is 1.33 bits per heavy atom. The highest BCUT2D eigenvalue weighted by Gasteiger charge is 2.36. The third kappa shape index (κ3) is 4.93. The maximum absolute atomic E-state index is 11.7. The van der Waals surface area contributed by atoms with Gasteiger partial charge in [0.25, 0.3) is 0 Å². The first-order valence-electron chi connectivity index (χ1n) is 7.34. The number of ether oxygens (including phenoxy) is 1. The molecule has 0 N–H and O–H groups in total. The van der Waals surface area contributed by atoms with Crippen LogP contribution in [0.25, 0.3) is 0 Å². The Morgan fingerprint density at radius 3 is 2.57 bits per heavy atom. The number of aryl methyl sites for hydroxylation is 1. The summed E-state index contributed by atoms with van der Waals surface area (Å²) in [6.07, 6.45) is 4.95. The third-order valence-corrected chi connectivity index (χ3v) is 8.71.